The van der Waals surface area contributed by atoms with Crippen LogP contribution in [0.15, 0.2) is 41.6 Å². The minimum Gasteiger partial charge on any atom is -0.385 e. The van der Waals surface area contributed by atoms with Crippen LogP contribution in [0.4, 0.5) is 17.3 Å². The SMILES string of the molecule is CCCC(C#N)Nc1cnc(Nc2ccc(S(=O)(=O)NCCCOC)cc2)nc1. The summed E-state index contributed by atoms with van der Waals surface area (Å²) in [4.78, 5) is 8.61. The molecule has 1 aromatic carbocycles. The Bertz CT molecular complexity index is 895. The first-order valence-corrected chi connectivity index (χ1v) is 10.8. The molecule has 0 aliphatic heterocycles. The number of nitrogens with one attached hydrogen (secondary N) is 3. The molecule has 156 valence electrons. The van der Waals surface area contributed by atoms with Gasteiger partial charge in [0.1, 0.15) is 6.04 Å². The number of hydrogen-bond donors (Lipinski definition) is 3. The van der Waals surface area contributed by atoms with Gasteiger partial charge in [-0.1, -0.05) is 13.3 Å². The van der Waals surface area contributed by atoms with Crippen molar-refractivity contribution >= 4 is 27.3 Å². The third-order valence-electron chi connectivity index (χ3n) is 3.96. The molecule has 1 heterocycles. The van der Waals surface area contributed by atoms with Gasteiger partial charge in [-0.25, -0.2) is 23.1 Å². The van der Waals surface area contributed by atoms with Crippen LogP contribution in [0.2, 0.25) is 0 Å². The Balaban J connectivity index is 1.95. The number of aromatic nitrogens is 2. The molecule has 29 heavy (non-hydrogen) atoms. The molecule has 2 rings (SSSR count). The minimum atomic E-state index is -3.55. The van der Waals surface area contributed by atoms with Crippen molar-refractivity contribution in [2.24, 2.45) is 0 Å². The smallest absolute Gasteiger partial charge is 0.240 e. The standard InChI is InChI=1S/C19H26N6O3S/c1-3-5-16(12-20)24-17-13-21-19(22-14-17)25-15-6-8-18(9-7-15)29(26,27)23-10-4-11-28-2/h6-9,13-14,16,23-24H,3-5,10-11H2,1-2H3,(H,21,22,25). The highest BCUT2D eigenvalue weighted by atomic mass is 32.2. The molecular formula is C19H26N6O3S. The van der Waals surface area contributed by atoms with Crippen LogP contribution in [0.25, 0.3) is 0 Å². The van der Waals surface area contributed by atoms with Crippen LogP contribution in [0.5, 0.6) is 0 Å². The maximum atomic E-state index is 12.2. The highest BCUT2D eigenvalue weighted by molar-refractivity contribution is 7.89. The van der Waals surface area contributed by atoms with E-state index in [9.17, 15) is 8.42 Å². The molecule has 0 amide bonds. The van der Waals surface area contributed by atoms with E-state index in [1.165, 1.54) is 12.1 Å². The molecule has 0 aliphatic rings. The van der Waals surface area contributed by atoms with Gasteiger partial charge >= 0.3 is 0 Å². The van der Waals surface area contributed by atoms with E-state index in [4.69, 9.17) is 10.00 Å². The highest BCUT2D eigenvalue weighted by Gasteiger charge is 2.13. The van der Waals surface area contributed by atoms with Crippen LogP contribution < -0.4 is 15.4 Å². The van der Waals surface area contributed by atoms with Crippen LogP contribution in [-0.2, 0) is 14.8 Å². The van der Waals surface area contributed by atoms with Crippen molar-refractivity contribution in [3.05, 3.63) is 36.7 Å². The van der Waals surface area contributed by atoms with Crippen molar-refractivity contribution in [3.63, 3.8) is 0 Å². The number of rotatable bonds is 12. The van der Waals surface area contributed by atoms with Crippen LogP contribution in [-0.4, -0.2) is 44.7 Å². The molecule has 9 nitrogen and oxygen atoms in total. The number of sulfonamides is 1. The molecule has 10 heteroatoms. The minimum absolute atomic E-state index is 0.180. The fraction of sp³-hybridized carbons (Fsp3) is 0.421. The fourth-order valence-electron chi connectivity index (χ4n) is 2.48. The average molecular weight is 419 g/mol. The van der Waals surface area contributed by atoms with E-state index < -0.39 is 10.0 Å². The van der Waals surface area contributed by atoms with Crippen LogP contribution in [0, 0.1) is 11.3 Å². The number of anilines is 3. The zero-order valence-corrected chi connectivity index (χ0v) is 17.4. The molecule has 0 spiro atoms. The van der Waals surface area contributed by atoms with Crippen molar-refractivity contribution in [1.29, 1.82) is 5.26 Å². The second-order valence-corrected chi connectivity index (χ2v) is 8.07. The topological polar surface area (TPSA) is 129 Å². The maximum Gasteiger partial charge on any atom is 0.240 e. The lowest BCUT2D eigenvalue weighted by Gasteiger charge is -2.12. The lowest BCUT2D eigenvalue weighted by atomic mass is 10.2. The van der Waals surface area contributed by atoms with Gasteiger partial charge < -0.3 is 15.4 Å². The highest BCUT2D eigenvalue weighted by Crippen LogP contribution is 2.17. The van der Waals surface area contributed by atoms with E-state index >= 15 is 0 Å². The molecule has 0 fully saturated rings. The molecular weight excluding hydrogens is 392 g/mol. The summed E-state index contributed by atoms with van der Waals surface area (Å²) in [5.74, 6) is 0.368. The van der Waals surface area contributed by atoms with Crippen molar-refractivity contribution < 1.29 is 13.2 Å². The Morgan fingerprint density at radius 3 is 2.45 bits per heavy atom. The molecule has 2 aromatic rings. The van der Waals surface area contributed by atoms with Crippen molar-refractivity contribution in [3.8, 4) is 6.07 Å². The van der Waals surface area contributed by atoms with E-state index in [2.05, 4.69) is 31.4 Å². The molecule has 3 N–H and O–H groups in total. The zero-order valence-electron chi connectivity index (χ0n) is 16.6. The van der Waals surface area contributed by atoms with Gasteiger partial charge in [0.05, 0.1) is 29.0 Å². The maximum absolute atomic E-state index is 12.2. The Labute approximate surface area is 171 Å². The van der Waals surface area contributed by atoms with E-state index in [0.29, 0.717) is 36.9 Å². The summed E-state index contributed by atoms with van der Waals surface area (Å²) in [5.41, 5.74) is 1.32. The lowest BCUT2D eigenvalue weighted by molar-refractivity contribution is 0.196. The number of methoxy groups -OCH3 is 1. The van der Waals surface area contributed by atoms with Crippen molar-refractivity contribution in [2.75, 3.05) is 30.9 Å². The average Bonchev–Trinajstić information content (AvgIpc) is 2.72. The van der Waals surface area contributed by atoms with Crippen LogP contribution >= 0.6 is 0 Å². The van der Waals surface area contributed by atoms with Gasteiger partial charge in [-0.3, -0.25) is 0 Å². The summed E-state index contributed by atoms with van der Waals surface area (Å²) in [5, 5.41) is 15.2. The number of benzene rings is 1. The summed E-state index contributed by atoms with van der Waals surface area (Å²) in [6.45, 7) is 2.83. The van der Waals surface area contributed by atoms with Gasteiger partial charge in [-0.15, -0.1) is 0 Å². The Morgan fingerprint density at radius 2 is 1.86 bits per heavy atom. The fourth-order valence-corrected chi connectivity index (χ4v) is 3.55. The molecule has 0 bridgehead atoms. The molecule has 1 atom stereocenters. The first kappa shape index (κ1) is 22.5. The lowest BCUT2D eigenvalue weighted by Crippen LogP contribution is -2.25. The number of nitriles is 1. The van der Waals surface area contributed by atoms with E-state index in [-0.39, 0.29) is 10.9 Å². The number of hydrogen-bond acceptors (Lipinski definition) is 8. The van der Waals surface area contributed by atoms with Gasteiger partial charge in [-0.2, -0.15) is 5.26 Å². The summed E-state index contributed by atoms with van der Waals surface area (Å²) < 4.78 is 31.9. The predicted octanol–water partition coefficient (Wildman–Crippen LogP) is 2.64. The molecule has 1 unspecified atom stereocenters. The quantitative estimate of drug-likeness (QED) is 0.449. The third kappa shape index (κ3) is 7.30. The number of ether oxygens (including phenoxy) is 1. The first-order chi connectivity index (χ1) is 14.0. The van der Waals surface area contributed by atoms with Gasteiger partial charge in [-0.05, 0) is 37.1 Å². The zero-order chi connectivity index (χ0) is 21.1. The Hall–Kier alpha value is -2.74. The first-order valence-electron chi connectivity index (χ1n) is 9.32. The molecule has 0 saturated carbocycles. The largest absolute Gasteiger partial charge is 0.385 e. The molecule has 0 radical (unpaired) electrons. The number of nitrogens with zero attached hydrogens (tertiary/aromatic N) is 3. The molecule has 0 saturated heterocycles. The Morgan fingerprint density at radius 1 is 1.17 bits per heavy atom. The van der Waals surface area contributed by atoms with Gasteiger partial charge in [0, 0.05) is 25.9 Å². The normalized spacial score (nSPS) is 12.2. The van der Waals surface area contributed by atoms with E-state index in [0.717, 1.165) is 12.8 Å². The van der Waals surface area contributed by atoms with Crippen molar-refractivity contribution in [1.82, 2.24) is 14.7 Å². The molecule has 0 aliphatic carbocycles. The second-order valence-electron chi connectivity index (χ2n) is 6.30. The monoisotopic (exact) mass is 418 g/mol. The predicted molar refractivity (Wildman–Crippen MR) is 111 cm³/mol. The van der Waals surface area contributed by atoms with Crippen LogP contribution in [0.3, 0.4) is 0 Å². The van der Waals surface area contributed by atoms with Gasteiger partial charge in [0.25, 0.3) is 0 Å². The summed E-state index contributed by atoms with van der Waals surface area (Å²) in [6, 6.07) is 8.24. The van der Waals surface area contributed by atoms with Crippen LogP contribution in [0.1, 0.15) is 26.2 Å². The molecule has 1 aromatic heterocycles. The second kappa shape index (κ2) is 11.3. The van der Waals surface area contributed by atoms with E-state index in [1.54, 1.807) is 31.6 Å². The summed E-state index contributed by atoms with van der Waals surface area (Å²) >= 11 is 0. The van der Waals surface area contributed by atoms with Gasteiger partial charge in [0.15, 0.2) is 0 Å². The van der Waals surface area contributed by atoms with E-state index in [1.807, 2.05) is 6.92 Å². The Kier molecular flexibility index (Phi) is 8.79. The third-order valence-corrected chi connectivity index (χ3v) is 5.44. The van der Waals surface area contributed by atoms with Gasteiger partial charge in [0.2, 0.25) is 16.0 Å². The summed E-state index contributed by atoms with van der Waals surface area (Å²) in [6.07, 6.45) is 5.44. The summed E-state index contributed by atoms with van der Waals surface area (Å²) in [7, 11) is -1.98. The van der Waals surface area contributed by atoms with Crippen molar-refractivity contribution in [2.45, 2.75) is 37.1 Å².